The van der Waals surface area contributed by atoms with E-state index >= 15 is 0 Å². The second-order valence-electron chi connectivity index (χ2n) is 14.4. The molecule has 3 amide bonds. The van der Waals surface area contributed by atoms with E-state index in [1.165, 1.54) is 6.92 Å². The van der Waals surface area contributed by atoms with Gasteiger partial charge in [-0.2, -0.15) is 0 Å². The lowest BCUT2D eigenvalue weighted by Gasteiger charge is -2.34. The molecule has 1 fully saturated rings. The number of alkyl carbamates (subject to hydrolysis) is 1. The fourth-order valence-electron chi connectivity index (χ4n) is 5.01. The highest BCUT2D eigenvalue weighted by Gasteiger charge is 2.38. The summed E-state index contributed by atoms with van der Waals surface area (Å²) in [5.74, 6) is -3.25. The van der Waals surface area contributed by atoms with Crippen LogP contribution >= 0.6 is 34.8 Å². The second-order valence-corrected chi connectivity index (χ2v) is 16.9. The lowest BCUT2D eigenvalue weighted by atomic mass is 9.92. The first-order chi connectivity index (χ1) is 24.5. The van der Waals surface area contributed by atoms with Crippen molar-refractivity contribution in [3.8, 4) is 0 Å². The van der Waals surface area contributed by atoms with Crippen LogP contribution in [0.25, 0.3) is 17.0 Å². The number of rotatable bonds is 12. The lowest BCUT2D eigenvalue weighted by molar-refractivity contribution is -0.166. The Labute approximate surface area is 323 Å². The molecule has 1 aromatic carbocycles. The monoisotopic (exact) mass is 801 g/mol. The van der Waals surface area contributed by atoms with Crippen molar-refractivity contribution in [2.75, 3.05) is 13.2 Å². The van der Waals surface area contributed by atoms with Gasteiger partial charge >= 0.3 is 18.0 Å². The molecule has 1 saturated heterocycles. The molecule has 3 N–H and O–H groups in total. The quantitative estimate of drug-likeness (QED) is 0.131. The van der Waals surface area contributed by atoms with Crippen molar-refractivity contribution in [3.05, 3.63) is 47.7 Å². The number of hydrazine groups is 1. The zero-order chi connectivity index (χ0) is 39.9. The Hall–Kier alpha value is -3.72. The van der Waals surface area contributed by atoms with Crippen molar-refractivity contribution in [1.82, 2.24) is 26.1 Å². The molecular formula is C36H47Cl3FN5O8. The highest BCUT2D eigenvalue weighted by Crippen LogP contribution is 2.27. The Bertz CT molecular complexity index is 1700. The van der Waals surface area contributed by atoms with Gasteiger partial charge in [-0.05, 0) is 85.9 Å². The number of carbonyl (C=O) groups is 5. The summed E-state index contributed by atoms with van der Waals surface area (Å²) >= 11 is 16.9. The summed E-state index contributed by atoms with van der Waals surface area (Å²) in [4.78, 5) is 68.8. The zero-order valence-electron chi connectivity index (χ0n) is 30.9. The van der Waals surface area contributed by atoms with Crippen LogP contribution in [0.2, 0.25) is 0 Å². The fraction of sp³-hybridized carbons (Fsp3) is 0.556. The molecule has 0 saturated carbocycles. The minimum absolute atomic E-state index is 0.213. The molecule has 292 valence electrons. The maximum absolute atomic E-state index is 14.7. The number of esters is 2. The van der Waals surface area contributed by atoms with Crippen LogP contribution in [0.4, 0.5) is 9.18 Å². The van der Waals surface area contributed by atoms with Gasteiger partial charge in [-0.25, -0.2) is 14.6 Å². The molecule has 1 aliphatic heterocycles. The summed E-state index contributed by atoms with van der Waals surface area (Å²) < 4.78 is 28.6. The SMILES string of the molecule is CC(F)C(OC(=O)C(C)(C)/C=C/c1ccc2ccc([C@@H](C)NC(=O)OC(C)(C)C)nc2c1)C(=O)N[C@@H](C)C(=O)N1CCC[C@@H](C(=O)OCC(Cl)(Cl)Cl)N1. The summed E-state index contributed by atoms with van der Waals surface area (Å²) in [7, 11) is 0. The fourth-order valence-corrected chi connectivity index (χ4v) is 5.17. The maximum atomic E-state index is 14.7. The van der Waals surface area contributed by atoms with E-state index in [1.807, 2.05) is 30.3 Å². The van der Waals surface area contributed by atoms with Crippen molar-refractivity contribution in [2.45, 2.75) is 108 Å². The van der Waals surface area contributed by atoms with Crippen LogP contribution in [0, 0.1) is 5.41 Å². The Morgan fingerprint density at radius 2 is 1.70 bits per heavy atom. The molecule has 17 heteroatoms. The molecule has 0 spiro atoms. The third-order valence-electron chi connectivity index (χ3n) is 7.89. The van der Waals surface area contributed by atoms with Crippen molar-refractivity contribution >= 4 is 81.6 Å². The van der Waals surface area contributed by atoms with Crippen LogP contribution in [-0.4, -0.2) is 86.7 Å². The van der Waals surface area contributed by atoms with E-state index in [-0.39, 0.29) is 6.54 Å². The third-order valence-corrected chi connectivity index (χ3v) is 8.21. The van der Waals surface area contributed by atoms with E-state index in [4.69, 9.17) is 49.0 Å². The molecule has 3 rings (SSSR count). The number of ether oxygens (including phenoxy) is 3. The molecule has 0 aliphatic carbocycles. The minimum Gasteiger partial charge on any atom is -0.460 e. The molecule has 1 aromatic heterocycles. The number of nitrogens with zero attached hydrogens (tertiary/aromatic N) is 2. The van der Waals surface area contributed by atoms with Crippen molar-refractivity contribution in [3.63, 3.8) is 0 Å². The lowest BCUT2D eigenvalue weighted by Crippen LogP contribution is -2.60. The first kappa shape index (κ1) is 43.7. The molecule has 0 bridgehead atoms. The standard InChI is InChI=1S/C36H47Cl3FN5O8/c1-20(40)28(29(46)41-22(3)30(47)45-17-9-10-26(44-45)31(48)51-19-36(37,38)39)52-32(49)35(7,8)16-15-23-11-12-24-13-14-25(43-27(24)18-23)21(2)42-33(50)53-34(4,5)6/h11-16,18,20-22,26,28,44H,9-10,17,19H2,1-8H3,(H,41,46)(H,42,50)/b16-15+/t20?,21-,22+,26+,28?/m1/s1. The third kappa shape index (κ3) is 13.6. The van der Waals surface area contributed by atoms with Crippen LogP contribution in [-0.2, 0) is 33.4 Å². The number of amides is 3. The van der Waals surface area contributed by atoms with Gasteiger partial charge in [0, 0.05) is 11.9 Å². The number of hydrogen-bond donors (Lipinski definition) is 3. The van der Waals surface area contributed by atoms with Gasteiger partial charge in [-0.1, -0.05) is 65.2 Å². The minimum atomic E-state index is -1.92. The normalized spacial score (nSPS) is 17.7. The summed E-state index contributed by atoms with van der Waals surface area (Å²) in [6.07, 6.45) is -0.319. The summed E-state index contributed by atoms with van der Waals surface area (Å²) in [5.41, 5.74) is 2.75. The molecule has 0 radical (unpaired) electrons. The Kier molecular flexibility index (Phi) is 14.9. The largest absolute Gasteiger partial charge is 0.460 e. The zero-order valence-corrected chi connectivity index (χ0v) is 33.2. The van der Waals surface area contributed by atoms with Crippen LogP contribution in [0.1, 0.15) is 85.5 Å². The van der Waals surface area contributed by atoms with Crippen LogP contribution in [0.15, 0.2) is 36.4 Å². The topological polar surface area (TPSA) is 165 Å². The average molecular weight is 803 g/mol. The van der Waals surface area contributed by atoms with Crippen molar-refractivity contribution in [2.24, 2.45) is 5.41 Å². The van der Waals surface area contributed by atoms with Gasteiger partial charge in [0.2, 0.25) is 9.90 Å². The van der Waals surface area contributed by atoms with Crippen LogP contribution in [0.3, 0.4) is 0 Å². The molecule has 2 unspecified atom stereocenters. The number of carbonyl (C=O) groups excluding carboxylic acids is 5. The van der Waals surface area contributed by atoms with Crippen LogP contribution < -0.4 is 16.1 Å². The first-order valence-corrected chi connectivity index (χ1v) is 18.1. The number of nitrogens with one attached hydrogen (secondary N) is 3. The van der Waals surface area contributed by atoms with Gasteiger partial charge < -0.3 is 24.8 Å². The number of fused-ring (bicyclic) bond motifs is 1. The molecule has 2 heterocycles. The number of benzene rings is 1. The Balaban J connectivity index is 1.63. The predicted octanol–water partition coefficient (Wildman–Crippen LogP) is 6.04. The highest BCUT2D eigenvalue weighted by molar-refractivity contribution is 6.67. The van der Waals surface area contributed by atoms with E-state index in [0.717, 1.165) is 17.3 Å². The number of pyridine rings is 1. The molecule has 2 aromatic rings. The van der Waals surface area contributed by atoms with E-state index < -0.39 is 81.7 Å². The van der Waals surface area contributed by atoms with E-state index in [2.05, 4.69) is 21.0 Å². The molecule has 1 aliphatic rings. The number of aromatic nitrogens is 1. The van der Waals surface area contributed by atoms with E-state index in [0.29, 0.717) is 29.6 Å². The highest BCUT2D eigenvalue weighted by atomic mass is 35.6. The van der Waals surface area contributed by atoms with Gasteiger partial charge in [0.1, 0.15) is 30.5 Å². The number of alkyl halides is 4. The molecular weight excluding hydrogens is 756 g/mol. The molecule has 13 nitrogen and oxygen atoms in total. The van der Waals surface area contributed by atoms with E-state index in [1.54, 1.807) is 53.7 Å². The Morgan fingerprint density at radius 1 is 1.04 bits per heavy atom. The summed E-state index contributed by atoms with van der Waals surface area (Å²) in [6, 6.07) is 6.66. The summed E-state index contributed by atoms with van der Waals surface area (Å²) in [6.45, 7) is 12.4. The van der Waals surface area contributed by atoms with Gasteiger partial charge in [-0.3, -0.25) is 29.2 Å². The molecule has 5 atom stereocenters. The van der Waals surface area contributed by atoms with E-state index in [9.17, 15) is 28.4 Å². The molecule has 53 heavy (non-hydrogen) atoms. The summed E-state index contributed by atoms with van der Waals surface area (Å²) in [5, 5.41) is 7.17. The van der Waals surface area contributed by atoms with Crippen molar-refractivity contribution in [1.29, 1.82) is 0 Å². The maximum Gasteiger partial charge on any atom is 0.408 e. The number of halogens is 4. The number of hydrogen-bond acceptors (Lipinski definition) is 10. The second kappa shape index (κ2) is 18.1. The predicted molar refractivity (Wildman–Crippen MR) is 200 cm³/mol. The van der Waals surface area contributed by atoms with Gasteiger partial charge in [0.25, 0.3) is 11.8 Å². The smallest absolute Gasteiger partial charge is 0.408 e. The van der Waals surface area contributed by atoms with Gasteiger partial charge in [0.15, 0.2) is 0 Å². The van der Waals surface area contributed by atoms with Crippen LogP contribution in [0.5, 0.6) is 0 Å². The Morgan fingerprint density at radius 3 is 2.32 bits per heavy atom. The first-order valence-electron chi connectivity index (χ1n) is 17.0. The van der Waals surface area contributed by atoms with Gasteiger partial charge in [0.05, 0.1) is 22.7 Å². The van der Waals surface area contributed by atoms with Gasteiger partial charge in [-0.15, -0.1) is 0 Å². The van der Waals surface area contributed by atoms with Crippen molar-refractivity contribution < 1.29 is 42.6 Å². The average Bonchev–Trinajstić information content (AvgIpc) is 3.06.